The molecule has 0 saturated heterocycles. The maximum Gasteiger partial charge on any atom is 0.0995 e. The molecule has 0 amide bonds. The molecule has 0 N–H and O–H groups in total. The van der Waals surface area contributed by atoms with E-state index in [0.717, 1.165) is 22.2 Å². The van der Waals surface area contributed by atoms with Crippen LogP contribution in [0.25, 0.3) is 38.1 Å². The number of fused-ring (bicyclic) bond motifs is 6. The zero-order chi connectivity index (χ0) is 23.5. The lowest BCUT2D eigenvalue weighted by molar-refractivity contribution is 0.443. The highest BCUT2D eigenvalue weighted by atomic mass is 14.9. The van der Waals surface area contributed by atoms with Crippen LogP contribution in [0.1, 0.15) is 98.3 Å². The molecule has 7 rings (SSSR count). The lowest BCUT2D eigenvalue weighted by Gasteiger charge is -2.23. The van der Waals surface area contributed by atoms with E-state index in [-0.39, 0.29) is 0 Å². The molecule has 3 heteroatoms. The Morgan fingerprint density at radius 2 is 1.06 bits per heavy atom. The lowest BCUT2D eigenvalue weighted by atomic mass is 9.81. The van der Waals surface area contributed by atoms with Gasteiger partial charge in [-0.3, -0.25) is 0 Å². The molecule has 5 aromatic rings. The van der Waals surface area contributed by atoms with Gasteiger partial charge in [-0.1, -0.05) is 56.7 Å². The van der Waals surface area contributed by atoms with Crippen molar-refractivity contribution in [2.45, 2.75) is 76.0 Å². The predicted molar refractivity (Wildman–Crippen MR) is 142 cm³/mol. The highest BCUT2D eigenvalue weighted by Gasteiger charge is 2.25. The Kier molecular flexibility index (Phi) is 4.75. The summed E-state index contributed by atoms with van der Waals surface area (Å²) in [6.07, 6.45) is 12.4. The average molecular weight is 456 g/mol. The fourth-order valence-electron chi connectivity index (χ4n) is 7.30. The first-order valence-electron chi connectivity index (χ1n) is 13.4. The summed E-state index contributed by atoms with van der Waals surface area (Å²) in [5.74, 6) is 0.978. The number of nitriles is 2. The first-order chi connectivity index (χ1) is 17.3. The van der Waals surface area contributed by atoms with Crippen molar-refractivity contribution in [2.24, 2.45) is 0 Å². The van der Waals surface area contributed by atoms with E-state index in [0.29, 0.717) is 11.8 Å². The van der Waals surface area contributed by atoms with Crippen molar-refractivity contribution in [3.8, 4) is 12.1 Å². The molecule has 0 atom stereocenters. The highest BCUT2D eigenvalue weighted by molar-refractivity contribution is 6.23. The first kappa shape index (κ1) is 20.8. The Morgan fingerprint density at radius 1 is 0.600 bits per heavy atom. The number of nitrogens with zero attached hydrogens (tertiary/aromatic N) is 3. The normalized spacial score (nSPS) is 18.0. The van der Waals surface area contributed by atoms with Crippen molar-refractivity contribution in [3.05, 3.63) is 64.7 Å². The minimum atomic E-state index is 0.489. The van der Waals surface area contributed by atoms with Crippen molar-refractivity contribution < 1.29 is 0 Å². The monoisotopic (exact) mass is 455 g/mol. The van der Waals surface area contributed by atoms with Crippen molar-refractivity contribution >= 4 is 38.1 Å². The zero-order valence-electron chi connectivity index (χ0n) is 20.1. The summed E-state index contributed by atoms with van der Waals surface area (Å²) in [7, 11) is 0. The van der Waals surface area contributed by atoms with Crippen LogP contribution in [-0.4, -0.2) is 4.40 Å². The fourth-order valence-corrected chi connectivity index (χ4v) is 7.30. The molecule has 2 fully saturated rings. The van der Waals surface area contributed by atoms with Gasteiger partial charge in [0.25, 0.3) is 0 Å². The molecule has 2 heterocycles. The Morgan fingerprint density at radius 3 is 1.49 bits per heavy atom. The van der Waals surface area contributed by atoms with Crippen LogP contribution in [0.2, 0.25) is 0 Å². The van der Waals surface area contributed by atoms with Gasteiger partial charge < -0.3 is 4.40 Å². The SMILES string of the molecule is N#Cc1cc2c(cc1C1CCCCC1)c1cccc3c4cc(C5CCCCC5)c(C#N)cc4n2c13. The molecule has 2 aliphatic rings. The van der Waals surface area contributed by atoms with Crippen LogP contribution in [0.15, 0.2) is 42.5 Å². The van der Waals surface area contributed by atoms with Crippen LogP contribution in [0.4, 0.5) is 0 Å². The molecule has 3 nitrogen and oxygen atoms in total. The standard InChI is InChI=1S/C32H29N3/c33-18-22-14-30-28(16-26(22)20-8-3-1-4-9-20)24-12-7-13-25-29-17-27(21-10-5-2-6-11-21)23(19-34)15-31(29)35(30)32(24)25/h7,12-17,20-21H,1-6,8-11H2. The summed E-state index contributed by atoms with van der Waals surface area (Å²) in [5, 5.41) is 25.2. The van der Waals surface area contributed by atoms with Gasteiger partial charge in [0.05, 0.1) is 39.8 Å². The smallest absolute Gasteiger partial charge is 0.0995 e. The third kappa shape index (κ3) is 3.01. The first-order valence-corrected chi connectivity index (χ1v) is 13.4. The quantitative estimate of drug-likeness (QED) is 0.267. The van der Waals surface area contributed by atoms with Gasteiger partial charge >= 0.3 is 0 Å². The number of aromatic nitrogens is 1. The molecule has 0 aliphatic heterocycles. The van der Waals surface area contributed by atoms with Gasteiger partial charge in [-0.2, -0.15) is 10.5 Å². The minimum absolute atomic E-state index is 0.489. The van der Waals surface area contributed by atoms with Gasteiger partial charge in [0.1, 0.15) is 0 Å². The number of benzene rings is 3. The molecule has 2 saturated carbocycles. The molecule has 2 aromatic heterocycles. The van der Waals surface area contributed by atoms with Crippen LogP contribution in [-0.2, 0) is 0 Å². The zero-order valence-corrected chi connectivity index (χ0v) is 20.1. The van der Waals surface area contributed by atoms with Crippen LogP contribution in [0, 0.1) is 22.7 Å². The third-order valence-corrected chi connectivity index (χ3v) is 8.99. The molecule has 0 radical (unpaired) electrons. The minimum Gasteiger partial charge on any atom is -0.308 e. The molecular weight excluding hydrogens is 426 g/mol. The maximum atomic E-state index is 10.1. The predicted octanol–water partition coefficient (Wildman–Crippen LogP) is 8.68. The summed E-state index contributed by atoms with van der Waals surface area (Å²) in [4.78, 5) is 0. The van der Waals surface area contributed by atoms with Crippen LogP contribution in [0.3, 0.4) is 0 Å². The number of hydrogen-bond donors (Lipinski definition) is 0. The van der Waals surface area contributed by atoms with Gasteiger partial charge in [-0.05, 0) is 72.9 Å². The summed E-state index contributed by atoms with van der Waals surface area (Å²) < 4.78 is 2.33. The van der Waals surface area contributed by atoms with Gasteiger partial charge in [-0.25, -0.2) is 0 Å². The van der Waals surface area contributed by atoms with E-state index in [4.69, 9.17) is 0 Å². The molecule has 0 spiro atoms. The molecule has 0 bridgehead atoms. The van der Waals surface area contributed by atoms with Crippen molar-refractivity contribution in [1.29, 1.82) is 10.5 Å². The highest BCUT2D eigenvalue weighted by Crippen LogP contribution is 2.44. The average Bonchev–Trinajstić information content (AvgIpc) is 3.43. The maximum absolute atomic E-state index is 10.1. The number of para-hydroxylation sites is 1. The summed E-state index contributed by atoms with van der Waals surface area (Å²) >= 11 is 0. The van der Waals surface area contributed by atoms with Gasteiger partial charge in [0, 0.05) is 21.5 Å². The van der Waals surface area contributed by atoms with Crippen molar-refractivity contribution in [1.82, 2.24) is 4.40 Å². The van der Waals surface area contributed by atoms with E-state index < -0.39 is 0 Å². The van der Waals surface area contributed by atoms with Crippen molar-refractivity contribution in [3.63, 3.8) is 0 Å². The van der Waals surface area contributed by atoms with Crippen LogP contribution < -0.4 is 0 Å². The van der Waals surface area contributed by atoms with Gasteiger partial charge in [0.2, 0.25) is 0 Å². The molecular formula is C32H29N3. The Hall–Kier alpha value is -3.56. The van der Waals surface area contributed by atoms with E-state index in [1.807, 2.05) is 0 Å². The molecule has 2 aliphatic carbocycles. The topological polar surface area (TPSA) is 52.0 Å². The Labute approximate surface area is 205 Å². The van der Waals surface area contributed by atoms with Crippen LogP contribution in [0.5, 0.6) is 0 Å². The third-order valence-electron chi connectivity index (χ3n) is 8.99. The molecule has 35 heavy (non-hydrogen) atoms. The van der Waals surface area contributed by atoms with E-state index in [2.05, 4.69) is 59.0 Å². The van der Waals surface area contributed by atoms with Gasteiger partial charge in [0.15, 0.2) is 0 Å². The van der Waals surface area contributed by atoms with Crippen molar-refractivity contribution in [2.75, 3.05) is 0 Å². The fraction of sp³-hybridized carbons (Fsp3) is 0.375. The number of rotatable bonds is 2. The van der Waals surface area contributed by atoms with Gasteiger partial charge in [-0.15, -0.1) is 0 Å². The Balaban J connectivity index is 1.54. The lowest BCUT2D eigenvalue weighted by Crippen LogP contribution is -2.07. The van der Waals surface area contributed by atoms with E-state index >= 15 is 0 Å². The number of hydrogen-bond acceptors (Lipinski definition) is 2. The summed E-state index contributed by atoms with van der Waals surface area (Å²) in [5.41, 5.74) is 7.52. The molecule has 0 unspecified atom stereocenters. The van der Waals surface area contributed by atoms with Crippen LogP contribution >= 0.6 is 0 Å². The van der Waals surface area contributed by atoms with E-state index in [9.17, 15) is 10.5 Å². The summed E-state index contributed by atoms with van der Waals surface area (Å²) in [6, 6.07) is 20.6. The summed E-state index contributed by atoms with van der Waals surface area (Å²) in [6.45, 7) is 0. The Bertz CT molecular complexity index is 1560. The second kappa shape index (κ2) is 8.00. The molecule has 3 aromatic carbocycles. The second-order valence-corrected chi connectivity index (χ2v) is 10.8. The van der Waals surface area contributed by atoms with E-state index in [1.165, 1.54) is 102 Å². The largest absolute Gasteiger partial charge is 0.308 e. The van der Waals surface area contributed by atoms with E-state index in [1.54, 1.807) is 0 Å². The molecule has 172 valence electrons. The second-order valence-electron chi connectivity index (χ2n) is 10.8.